The van der Waals surface area contributed by atoms with Crippen LogP contribution in [0.1, 0.15) is 89.0 Å². The summed E-state index contributed by atoms with van der Waals surface area (Å²) in [7, 11) is 2.42. The van der Waals surface area contributed by atoms with Gasteiger partial charge in [-0.25, -0.2) is 9.59 Å². The molecule has 240 valence electrons. The van der Waals surface area contributed by atoms with Gasteiger partial charge in [-0.1, -0.05) is 62.3 Å². The van der Waals surface area contributed by atoms with Crippen molar-refractivity contribution >= 4 is 23.8 Å². The van der Waals surface area contributed by atoms with Gasteiger partial charge in [-0.05, 0) is 26.7 Å². The summed E-state index contributed by atoms with van der Waals surface area (Å²) in [5.41, 5.74) is -6.78. The Morgan fingerprint density at radius 2 is 1.46 bits per heavy atom. The number of hydrogen-bond acceptors (Lipinski definition) is 10. The lowest BCUT2D eigenvalue weighted by Gasteiger charge is -2.40. The molecule has 0 spiro atoms. The summed E-state index contributed by atoms with van der Waals surface area (Å²) in [5.74, 6) is -3.46. The minimum atomic E-state index is -1.77. The first kappa shape index (κ1) is 38.7. The number of methoxy groups -OCH3 is 2. The molecule has 0 saturated carbocycles. The standard InChI is InChI=1S/C16H27NO5.C11H19NO5.2CH4/c1-7-8-10-11(18)17-12(14(2,3)4)22-9-16(17,13(19)21-6)15(10,5)20;1-4-5-7-8(14)12-11(6-13,9(15)17-3)10(7,2)16;;/h10,12,20H,7-9H2,1-6H3;7,13,16H,4-6H2,1-3H3,(H,12,14);2*1H4/t10-,12+,15-,16-;7-,10-,11-;;/m11../s1. The number of nitrogens with one attached hydrogen (secondary N) is 1. The SMILES string of the molecule is C.C.CCC[C@@H]1C(=O)N2[C@H](C(C)(C)C)OC[C@@]2(C(=O)OC)[C@]1(C)O.CCC[C@@H]1C(=O)N[C@](CO)(C(=O)OC)[C@]1(C)O. The normalized spacial score (nSPS) is 35.8. The van der Waals surface area contributed by atoms with Gasteiger partial charge in [-0.15, -0.1) is 0 Å². The number of hydrogen-bond donors (Lipinski definition) is 4. The van der Waals surface area contributed by atoms with Gasteiger partial charge < -0.3 is 34.8 Å². The lowest BCUT2D eigenvalue weighted by Crippen LogP contribution is -2.65. The van der Waals surface area contributed by atoms with Crippen LogP contribution in [0.5, 0.6) is 0 Å². The van der Waals surface area contributed by atoms with Gasteiger partial charge in [0.1, 0.15) is 17.4 Å². The molecule has 12 nitrogen and oxygen atoms in total. The van der Waals surface area contributed by atoms with E-state index in [1.807, 2.05) is 34.6 Å². The molecular weight excluding hydrogens is 536 g/mol. The number of carbonyl (C=O) groups is 4. The number of amides is 2. The summed E-state index contributed by atoms with van der Waals surface area (Å²) in [5, 5.41) is 33.3. The second-order valence-corrected chi connectivity index (χ2v) is 12.1. The van der Waals surface area contributed by atoms with Crippen molar-refractivity contribution in [3.63, 3.8) is 0 Å². The summed E-state index contributed by atoms with van der Waals surface area (Å²) in [6.45, 7) is 11.9. The lowest BCUT2D eigenvalue weighted by molar-refractivity contribution is -0.167. The molecule has 0 aromatic heterocycles. The van der Waals surface area contributed by atoms with Gasteiger partial charge in [0, 0.05) is 5.41 Å². The molecule has 7 atom stereocenters. The number of aliphatic hydroxyl groups is 3. The van der Waals surface area contributed by atoms with Crippen molar-refractivity contribution in [3.05, 3.63) is 0 Å². The first-order chi connectivity index (χ1) is 17.9. The molecule has 3 rings (SSSR count). The number of ether oxygens (including phenoxy) is 3. The number of nitrogens with zero attached hydrogens (tertiary/aromatic N) is 1. The largest absolute Gasteiger partial charge is 0.467 e. The zero-order valence-corrected chi connectivity index (χ0v) is 24.6. The maximum absolute atomic E-state index is 13.0. The van der Waals surface area contributed by atoms with E-state index in [4.69, 9.17) is 9.47 Å². The van der Waals surface area contributed by atoms with E-state index in [0.29, 0.717) is 19.3 Å². The van der Waals surface area contributed by atoms with E-state index >= 15 is 0 Å². The van der Waals surface area contributed by atoms with Crippen LogP contribution in [-0.4, -0.2) is 99.9 Å². The maximum atomic E-state index is 13.0. The number of esters is 2. The molecule has 3 fully saturated rings. The van der Waals surface area contributed by atoms with Crippen molar-refractivity contribution in [3.8, 4) is 0 Å². The first-order valence-corrected chi connectivity index (χ1v) is 13.4. The van der Waals surface area contributed by atoms with Crippen molar-refractivity contribution in [2.45, 2.75) is 118 Å². The Morgan fingerprint density at radius 1 is 0.976 bits per heavy atom. The Bertz CT molecular complexity index is 960. The van der Waals surface area contributed by atoms with Gasteiger partial charge in [0.15, 0.2) is 11.1 Å². The monoisotopic (exact) mass is 590 g/mol. The van der Waals surface area contributed by atoms with E-state index < -0.39 is 64.8 Å². The lowest BCUT2D eigenvalue weighted by atomic mass is 9.75. The molecule has 3 heterocycles. The van der Waals surface area contributed by atoms with Crippen molar-refractivity contribution in [2.24, 2.45) is 17.3 Å². The molecule has 2 amide bonds. The molecule has 3 aliphatic rings. The molecule has 0 bridgehead atoms. The van der Waals surface area contributed by atoms with E-state index in [2.05, 4.69) is 10.1 Å². The molecule has 4 N–H and O–H groups in total. The highest BCUT2D eigenvalue weighted by molar-refractivity contribution is 5.97. The number of rotatable bonds is 7. The molecule has 3 saturated heterocycles. The molecule has 0 aromatic carbocycles. The van der Waals surface area contributed by atoms with Gasteiger partial charge in [0.25, 0.3) is 0 Å². The zero-order chi connectivity index (χ0) is 30.2. The van der Waals surface area contributed by atoms with Crippen LogP contribution in [0.15, 0.2) is 0 Å². The van der Waals surface area contributed by atoms with E-state index in [9.17, 15) is 34.5 Å². The minimum absolute atomic E-state index is 0. The third-order valence-electron chi connectivity index (χ3n) is 8.53. The van der Waals surface area contributed by atoms with Crippen molar-refractivity contribution < 1.29 is 48.7 Å². The Balaban J connectivity index is 0.000000768. The molecule has 3 aliphatic heterocycles. The molecule has 12 heteroatoms. The molecule has 0 aliphatic carbocycles. The fraction of sp³-hybridized carbons (Fsp3) is 0.862. The van der Waals surface area contributed by atoms with Crippen LogP contribution in [0.4, 0.5) is 0 Å². The van der Waals surface area contributed by atoms with Crippen molar-refractivity contribution in [2.75, 3.05) is 27.4 Å². The van der Waals surface area contributed by atoms with Gasteiger partial charge in [-0.3, -0.25) is 14.5 Å². The van der Waals surface area contributed by atoms with Crippen molar-refractivity contribution in [1.82, 2.24) is 10.2 Å². The van der Waals surface area contributed by atoms with E-state index in [0.717, 1.165) is 13.5 Å². The number of fused-ring (bicyclic) bond motifs is 1. The summed E-state index contributed by atoms with van der Waals surface area (Å²) in [4.78, 5) is 50.4. The van der Waals surface area contributed by atoms with Gasteiger partial charge >= 0.3 is 11.9 Å². The molecule has 0 unspecified atom stereocenters. The van der Waals surface area contributed by atoms with Crippen LogP contribution in [0.3, 0.4) is 0 Å². The Kier molecular flexibility index (Phi) is 12.6. The third-order valence-corrected chi connectivity index (χ3v) is 8.53. The van der Waals surface area contributed by atoms with Gasteiger partial charge in [-0.2, -0.15) is 0 Å². The Labute approximate surface area is 245 Å². The summed E-state index contributed by atoms with van der Waals surface area (Å²) in [6, 6.07) is 0. The zero-order valence-electron chi connectivity index (χ0n) is 24.6. The summed E-state index contributed by atoms with van der Waals surface area (Å²) >= 11 is 0. The van der Waals surface area contributed by atoms with Crippen LogP contribution in [0, 0.1) is 17.3 Å². The minimum Gasteiger partial charge on any atom is -0.467 e. The van der Waals surface area contributed by atoms with E-state index in [1.54, 1.807) is 6.92 Å². The topological polar surface area (TPSA) is 172 Å². The van der Waals surface area contributed by atoms with Gasteiger partial charge in [0.2, 0.25) is 11.8 Å². The summed E-state index contributed by atoms with van der Waals surface area (Å²) < 4.78 is 15.3. The highest BCUT2D eigenvalue weighted by atomic mass is 16.6. The highest BCUT2D eigenvalue weighted by Crippen LogP contribution is 2.53. The predicted octanol–water partition coefficient (Wildman–Crippen LogP) is 1.77. The number of carbonyl (C=O) groups excluding carboxylic acids is 4. The number of aliphatic hydroxyl groups excluding tert-OH is 1. The molecule has 0 aromatic rings. The average Bonchev–Trinajstić information content (AvgIpc) is 3.42. The van der Waals surface area contributed by atoms with E-state index in [-0.39, 0.29) is 32.8 Å². The van der Waals surface area contributed by atoms with Gasteiger partial charge in [0.05, 0.1) is 39.3 Å². The van der Waals surface area contributed by atoms with Crippen molar-refractivity contribution in [1.29, 1.82) is 0 Å². The van der Waals surface area contributed by atoms with Crippen LogP contribution in [0.25, 0.3) is 0 Å². The first-order valence-electron chi connectivity index (χ1n) is 13.4. The fourth-order valence-corrected chi connectivity index (χ4v) is 6.17. The van der Waals surface area contributed by atoms with Crippen LogP contribution in [-0.2, 0) is 33.4 Å². The van der Waals surface area contributed by atoms with Crippen LogP contribution >= 0.6 is 0 Å². The molecule has 41 heavy (non-hydrogen) atoms. The Morgan fingerprint density at radius 3 is 1.88 bits per heavy atom. The highest BCUT2D eigenvalue weighted by Gasteiger charge is 2.75. The quantitative estimate of drug-likeness (QED) is 0.320. The maximum Gasteiger partial charge on any atom is 0.337 e. The van der Waals surface area contributed by atoms with Crippen LogP contribution in [0.2, 0.25) is 0 Å². The smallest absolute Gasteiger partial charge is 0.337 e. The van der Waals surface area contributed by atoms with E-state index in [1.165, 1.54) is 18.9 Å². The van der Waals surface area contributed by atoms with Crippen LogP contribution < -0.4 is 5.32 Å². The average molecular weight is 591 g/mol. The second-order valence-electron chi connectivity index (χ2n) is 12.1. The molecular formula is C29H54N2O10. The third kappa shape index (κ3) is 5.72. The fourth-order valence-electron chi connectivity index (χ4n) is 6.17. The Hall–Kier alpha value is -2.28. The predicted molar refractivity (Wildman–Crippen MR) is 152 cm³/mol. The second kappa shape index (κ2) is 13.4. The summed E-state index contributed by atoms with van der Waals surface area (Å²) in [6.07, 6.45) is 1.85. The molecule has 0 radical (unpaired) electrons.